The molecule has 114 valence electrons. The standard InChI is InChI=1S/C22H26/c1-5-6-21-20-12-9-17(3)15-18(20)13-14-22(21,4)19-10-7-16(2)8-11-19/h5,7-12,15,21H,1,6,13-14H2,2-4H3. The van der Waals surface area contributed by atoms with E-state index in [4.69, 9.17) is 0 Å². The van der Waals surface area contributed by atoms with Crippen molar-refractivity contribution in [2.75, 3.05) is 0 Å². The topological polar surface area (TPSA) is 0 Å². The maximum absolute atomic E-state index is 4.02. The second-order valence-corrected chi connectivity index (χ2v) is 7.06. The molecule has 2 atom stereocenters. The lowest BCUT2D eigenvalue weighted by Gasteiger charge is -2.43. The number of fused-ring (bicyclic) bond motifs is 1. The van der Waals surface area contributed by atoms with Crippen LogP contribution in [0.1, 0.15) is 53.5 Å². The van der Waals surface area contributed by atoms with E-state index in [1.165, 1.54) is 40.7 Å². The van der Waals surface area contributed by atoms with Crippen LogP contribution in [0.15, 0.2) is 55.1 Å². The summed E-state index contributed by atoms with van der Waals surface area (Å²) in [5, 5.41) is 0. The molecule has 0 fully saturated rings. The molecular weight excluding hydrogens is 264 g/mol. The minimum absolute atomic E-state index is 0.199. The molecule has 0 aliphatic heterocycles. The fraction of sp³-hybridized carbons (Fsp3) is 0.364. The number of hydrogen-bond acceptors (Lipinski definition) is 0. The highest BCUT2D eigenvalue weighted by Gasteiger charge is 2.39. The molecule has 2 aromatic carbocycles. The van der Waals surface area contributed by atoms with Gasteiger partial charge in [-0.3, -0.25) is 0 Å². The summed E-state index contributed by atoms with van der Waals surface area (Å²) in [6, 6.07) is 16.1. The third-order valence-corrected chi connectivity index (χ3v) is 5.47. The molecule has 2 aromatic rings. The SMILES string of the molecule is C=CCC1c2ccc(C)cc2CCC1(C)c1ccc(C)cc1. The van der Waals surface area contributed by atoms with Crippen LogP contribution in [0.25, 0.3) is 0 Å². The summed E-state index contributed by atoms with van der Waals surface area (Å²) in [5.41, 5.74) is 7.44. The van der Waals surface area contributed by atoms with Gasteiger partial charge in [0.05, 0.1) is 0 Å². The van der Waals surface area contributed by atoms with Gasteiger partial charge in [0, 0.05) is 0 Å². The van der Waals surface area contributed by atoms with Crippen LogP contribution in [-0.4, -0.2) is 0 Å². The third kappa shape index (κ3) is 2.52. The maximum atomic E-state index is 4.02. The molecule has 3 rings (SSSR count). The van der Waals surface area contributed by atoms with Gasteiger partial charge in [-0.05, 0) is 61.1 Å². The van der Waals surface area contributed by atoms with Gasteiger partial charge in [0.1, 0.15) is 0 Å². The van der Waals surface area contributed by atoms with Gasteiger partial charge in [-0.1, -0.05) is 66.6 Å². The van der Waals surface area contributed by atoms with Gasteiger partial charge in [0.15, 0.2) is 0 Å². The first-order chi connectivity index (χ1) is 10.5. The predicted octanol–water partition coefficient (Wildman–Crippen LogP) is 5.87. The van der Waals surface area contributed by atoms with Gasteiger partial charge < -0.3 is 0 Å². The summed E-state index contributed by atoms with van der Waals surface area (Å²) in [4.78, 5) is 0. The van der Waals surface area contributed by atoms with Gasteiger partial charge in [-0.25, -0.2) is 0 Å². The molecule has 0 radical (unpaired) electrons. The Labute approximate surface area is 134 Å². The highest BCUT2D eigenvalue weighted by Crippen LogP contribution is 2.49. The molecule has 0 amide bonds. The van der Waals surface area contributed by atoms with Crippen molar-refractivity contribution in [2.24, 2.45) is 0 Å². The molecule has 0 spiro atoms. The minimum Gasteiger partial charge on any atom is -0.103 e. The Kier molecular flexibility index (Phi) is 3.95. The van der Waals surface area contributed by atoms with E-state index in [0.29, 0.717) is 5.92 Å². The molecule has 0 N–H and O–H groups in total. The molecule has 0 aromatic heterocycles. The molecule has 0 heterocycles. The Morgan fingerprint density at radius 1 is 1.09 bits per heavy atom. The van der Waals surface area contributed by atoms with E-state index in [-0.39, 0.29) is 5.41 Å². The normalized spacial score (nSPS) is 23.9. The second kappa shape index (κ2) is 5.76. The molecule has 0 saturated carbocycles. The average molecular weight is 290 g/mol. The van der Waals surface area contributed by atoms with Crippen LogP contribution in [0, 0.1) is 13.8 Å². The molecule has 22 heavy (non-hydrogen) atoms. The monoisotopic (exact) mass is 290 g/mol. The van der Waals surface area contributed by atoms with Gasteiger partial charge >= 0.3 is 0 Å². The Morgan fingerprint density at radius 2 is 1.77 bits per heavy atom. The summed E-state index contributed by atoms with van der Waals surface area (Å²) in [6.45, 7) is 10.8. The number of rotatable bonds is 3. The van der Waals surface area contributed by atoms with Gasteiger partial charge in [-0.15, -0.1) is 6.58 Å². The van der Waals surface area contributed by atoms with Crippen molar-refractivity contribution in [2.45, 2.75) is 51.4 Å². The van der Waals surface area contributed by atoms with E-state index in [0.717, 1.165) is 6.42 Å². The summed E-state index contributed by atoms with van der Waals surface area (Å²) >= 11 is 0. The molecule has 2 unspecified atom stereocenters. The first kappa shape index (κ1) is 15.1. The molecule has 0 saturated heterocycles. The van der Waals surface area contributed by atoms with Crippen molar-refractivity contribution in [3.8, 4) is 0 Å². The molecule has 0 heteroatoms. The Morgan fingerprint density at radius 3 is 2.45 bits per heavy atom. The highest BCUT2D eigenvalue weighted by atomic mass is 14.4. The lowest BCUT2D eigenvalue weighted by Crippen LogP contribution is -2.35. The lowest BCUT2D eigenvalue weighted by atomic mass is 9.60. The van der Waals surface area contributed by atoms with E-state index >= 15 is 0 Å². The molecule has 0 nitrogen and oxygen atoms in total. The molecule has 0 bridgehead atoms. The number of allylic oxidation sites excluding steroid dienone is 1. The predicted molar refractivity (Wildman–Crippen MR) is 95.6 cm³/mol. The zero-order chi connectivity index (χ0) is 15.7. The number of hydrogen-bond donors (Lipinski definition) is 0. The summed E-state index contributed by atoms with van der Waals surface area (Å²) in [6.07, 6.45) is 5.52. The first-order valence-corrected chi connectivity index (χ1v) is 8.32. The number of benzene rings is 2. The van der Waals surface area contributed by atoms with Gasteiger partial charge in [0.25, 0.3) is 0 Å². The van der Waals surface area contributed by atoms with Crippen LogP contribution in [0.5, 0.6) is 0 Å². The highest BCUT2D eigenvalue weighted by molar-refractivity contribution is 5.43. The zero-order valence-electron chi connectivity index (χ0n) is 14.0. The molecular formula is C22H26. The maximum Gasteiger partial charge on any atom is -0.0000420 e. The van der Waals surface area contributed by atoms with Crippen molar-refractivity contribution in [3.63, 3.8) is 0 Å². The van der Waals surface area contributed by atoms with Crippen LogP contribution >= 0.6 is 0 Å². The van der Waals surface area contributed by atoms with E-state index in [2.05, 4.69) is 75.9 Å². The fourth-order valence-corrected chi connectivity index (χ4v) is 4.04. The fourth-order valence-electron chi connectivity index (χ4n) is 4.04. The molecule has 1 aliphatic rings. The van der Waals surface area contributed by atoms with E-state index in [1.807, 2.05) is 0 Å². The Bertz CT molecular complexity index is 678. The largest absolute Gasteiger partial charge is 0.103 e. The second-order valence-electron chi connectivity index (χ2n) is 7.06. The van der Waals surface area contributed by atoms with Crippen LogP contribution in [0.4, 0.5) is 0 Å². The smallest absolute Gasteiger partial charge is 0.0000420 e. The van der Waals surface area contributed by atoms with Crippen LogP contribution < -0.4 is 0 Å². The van der Waals surface area contributed by atoms with E-state index in [1.54, 1.807) is 0 Å². The Balaban J connectivity index is 2.09. The van der Waals surface area contributed by atoms with Crippen molar-refractivity contribution in [1.29, 1.82) is 0 Å². The Hall–Kier alpha value is -1.82. The summed E-state index contributed by atoms with van der Waals surface area (Å²) in [7, 11) is 0. The van der Waals surface area contributed by atoms with Crippen molar-refractivity contribution < 1.29 is 0 Å². The van der Waals surface area contributed by atoms with Gasteiger partial charge in [-0.2, -0.15) is 0 Å². The summed E-state index contributed by atoms with van der Waals surface area (Å²) < 4.78 is 0. The third-order valence-electron chi connectivity index (χ3n) is 5.47. The molecule has 1 aliphatic carbocycles. The summed E-state index contributed by atoms with van der Waals surface area (Å²) in [5.74, 6) is 0.525. The minimum atomic E-state index is 0.199. The quantitative estimate of drug-likeness (QED) is 0.620. The van der Waals surface area contributed by atoms with E-state index in [9.17, 15) is 0 Å². The average Bonchev–Trinajstić information content (AvgIpc) is 2.51. The van der Waals surface area contributed by atoms with Crippen LogP contribution in [-0.2, 0) is 11.8 Å². The van der Waals surface area contributed by atoms with Crippen LogP contribution in [0.2, 0.25) is 0 Å². The first-order valence-electron chi connectivity index (χ1n) is 8.32. The van der Waals surface area contributed by atoms with Crippen molar-refractivity contribution in [1.82, 2.24) is 0 Å². The van der Waals surface area contributed by atoms with E-state index < -0.39 is 0 Å². The van der Waals surface area contributed by atoms with Gasteiger partial charge in [0.2, 0.25) is 0 Å². The lowest BCUT2D eigenvalue weighted by molar-refractivity contribution is 0.328. The van der Waals surface area contributed by atoms with Crippen molar-refractivity contribution >= 4 is 0 Å². The zero-order valence-corrected chi connectivity index (χ0v) is 14.0. The van der Waals surface area contributed by atoms with Crippen LogP contribution in [0.3, 0.4) is 0 Å². The number of aryl methyl sites for hydroxylation is 3. The van der Waals surface area contributed by atoms with Crippen molar-refractivity contribution in [3.05, 3.63) is 82.9 Å².